The Morgan fingerprint density at radius 3 is 2.47 bits per heavy atom. The van der Waals surface area contributed by atoms with Crippen molar-refractivity contribution >= 4 is 5.78 Å². The largest absolute Gasteiger partial charge is 0.293 e. The molecule has 1 aromatic carbocycles. The van der Waals surface area contributed by atoms with Gasteiger partial charge in [-0.05, 0) is 19.1 Å². The molecule has 1 heterocycles. The summed E-state index contributed by atoms with van der Waals surface area (Å²) in [6, 6.07) is 10.8. The first-order valence-corrected chi connectivity index (χ1v) is 5.27. The summed E-state index contributed by atoms with van der Waals surface area (Å²) >= 11 is 0. The fourth-order valence-corrected chi connectivity index (χ4v) is 1.62. The minimum Gasteiger partial charge on any atom is -0.293 e. The van der Waals surface area contributed by atoms with Crippen LogP contribution in [0.3, 0.4) is 0 Å². The molecule has 0 fully saturated rings. The van der Waals surface area contributed by atoms with E-state index in [2.05, 4.69) is 5.10 Å². The van der Waals surface area contributed by atoms with Crippen LogP contribution >= 0.6 is 0 Å². The van der Waals surface area contributed by atoms with Crippen molar-refractivity contribution in [1.82, 2.24) is 9.78 Å². The van der Waals surface area contributed by atoms with Gasteiger partial charge in [0.15, 0.2) is 11.5 Å². The predicted octanol–water partition coefficient (Wildman–Crippen LogP) is 1.74. The molecule has 0 saturated carbocycles. The number of aromatic nitrogens is 2. The molecular formula is C13H12N2O2. The average molecular weight is 228 g/mol. The lowest BCUT2D eigenvalue weighted by Crippen LogP contribution is -2.21. The van der Waals surface area contributed by atoms with Crippen LogP contribution in [-0.4, -0.2) is 15.6 Å². The lowest BCUT2D eigenvalue weighted by Gasteiger charge is -2.09. The molecule has 0 aliphatic rings. The van der Waals surface area contributed by atoms with Crippen LogP contribution in [-0.2, 0) is 0 Å². The molecule has 0 atom stereocenters. The van der Waals surface area contributed by atoms with Gasteiger partial charge in [0.05, 0.1) is 5.69 Å². The molecule has 0 aliphatic heterocycles. The highest BCUT2D eigenvalue weighted by Gasteiger charge is 2.10. The molecular weight excluding hydrogens is 216 g/mol. The van der Waals surface area contributed by atoms with Crippen molar-refractivity contribution in [2.75, 3.05) is 0 Å². The third kappa shape index (κ3) is 2.15. The van der Waals surface area contributed by atoms with Crippen molar-refractivity contribution in [1.29, 1.82) is 0 Å². The molecule has 0 bridgehead atoms. The summed E-state index contributed by atoms with van der Waals surface area (Å²) in [5.74, 6) is -0.320. The van der Waals surface area contributed by atoms with Crippen LogP contribution in [0.4, 0.5) is 0 Å². The molecule has 0 radical (unpaired) electrons. The Morgan fingerprint density at radius 2 is 1.88 bits per heavy atom. The van der Waals surface area contributed by atoms with Crippen LogP contribution in [0.5, 0.6) is 0 Å². The zero-order chi connectivity index (χ0) is 12.4. The Labute approximate surface area is 98.5 Å². The topological polar surface area (TPSA) is 52.0 Å². The van der Waals surface area contributed by atoms with E-state index in [0.29, 0.717) is 5.69 Å². The van der Waals surface area contributed by atoms with Crippen LogP contribution in [0.25, 0.3) is 5.69 Å². The highest BCUT2D eigenvalue weighted by Crippen LogP contribution is 2.07. The summed E-state index contributed by atoms with van der Waals surface area (Å²) in [7, 11) is 0. The van der Waals surface area contributed by atoms with E-state index in [4.69, 9.17) is 0 Å². The quantitative estimate of drug-likeness (QED) is 0.736. The number of hydrogen-bond donors (Lipinski definition) is 0. The Balaban J connectivity index is 2.67. The number of hydrogen-bond acceptors (Lipinski definition) is 3. The Morgan fingerprint density at radius 1 is 1.24 bits per heavy atom. The summed E-state index contributed by atoms with van der Waals surface area (Å²) in [6.45, 7) is 3.12. The summed E-state index contributed by atoms with van der Waals surface area (Å²) in [5.41, 5.74) is 1.17. The van der Waals surface area contributed by atoms with Crippen molar-refractivity contribution < 1.29 is 4.79 Å². The maximum atomic E-state index is 11.6. The Kier molecular flexibility index (Phi) is 2.87. The first-order valence-electron chi connectivity index (χ1n) is 5.27. The normalized spacial score (nSPS) is 10.2. The van der Waals surface area contributed by atoms with E-state index in [9.17, 15) is 9.59 Å². The lowest BCUT2D eigenvalue weighted by atomic mass is 10.2. The lowest BCUT2D eigenvalue weighted by molar-refractivity contribution is 0.101. The summed E-state index contributed by atoms with van der Waals surface area (Å²) in [6.07, 6.45) is 0. The number of para-hydroxylation sites is 1. The molecule has 0 aliphatic carbocycles. The second kappa shape index (κ2) is 4.33. The van der Waals surface area contributed by atoms with Crippen molar-refractivity contribution in [3.05, 3.63) is 58.0 Å². The summed E-state index contributed by atoms with van der Waals surface area (Å²) < 4.78 is 1.60. The van der Waals surface area contributed by atoms with Gasteiger partial charge in [-0.25, -0.2) is 4.68 Å². The highest BCUT2D eigenvalue weighted by molar-refractivity contribution is 5.91. The van der Waals surface area contributed by atoms with Crippen LogP contribution in [0.2, 0.25) is 0 Å². The summed E-state index contributed by atoms with van der Waals surface area (Å²) in [5, 5.41) is 4.10. The number of carbonyl (C=O) groups is 1. The molecule has 2 rings (SSSR count). The van der Waals surface area contributed by atoms with Crippen molar-refractivity contribution in [3.8, 4) is 5.69 Å². The van der Waals surface area contributed by atoms with Crippen LogP contribution < -0.4 is 5.43 Å². The van der Waals surface area contributed by atoms with Gasteiger partial charge in [0.1, 0.15) is 0 Å². The zero-order valence-corrected chi connectivity index (χ0v) is 9.68. The summed E-state index contributed by atoms with van der Waals surface area (Å²) in [4.78, 5) is 22.9. The minimum absolute atomic E-state index is 0.0283. The predicted molar refractivity (Wildman–Crippen MR) is 64.6 cm³/mol. The van der Waals surface area contributed by atoms with Crippen LogP contribution in [0.1, 0.15) is 23.1 Å². The zero-order valence-electron chi connectivity index (χ0n) is 9.68. The molecule has 0 spiro atoms. The monoisotopic (exact) mass is 228 g/mol. The molecule has 0 unspecified atom stereocenters. The van der Waals surface area contributed by atoms with E-state index in [1.807, 2.05) is 30.3 Å². The standard InChI is InChI=1S/C13H12N2O2/c1-9-8-12(17)13(10(2)16)14-15(9)11-6-4-3-5-7-11/h3-8H,1-2H3. The van der Waals surface area contributed by atoms with Crippen molar-refractivity contribution in [3.63, 3.8) is 0 Å². The van der Waals surface area contributed by atoms with Gasteiger partial charge in [-0.15, -0.1) is 0 Å². The van der Waals surface area contributed by atoms with Gasteiger partial charge >= 0.3 is 0 Å². The van der Waals surface area contributed by atoms with E-state index in [-0.39, 0.29) is 16.9 Å². The number of Topliss-reactive ketones (excluding diaryl/α,β-unsaturated/α-hetero) is 1. The van der Waals surface area contributed by atoms with E-state index < -0.39 is 0 Å². The Bertz CT molecular complexity index is 615. The fraction of sp³-hybridized carbons (Fsp3) is 0.154. The van der Waals surface area contributed by atoms with Crippen molar-refractivity contribution in [2.24, 2.45) is 0 Å². The van der Waals surface area contributed by atoms with Gasteiger partial charge in [-0.1, -0.05) is 18.2 Å². The van der Waals surface area contributed by atoms with Crippen LogP contribution in [0, 0.1) is 6.92 Å². The molecule has 0 saturated heterocycles. The molecule has 17 heavy (non-hydrogen) atoms. The fourth-order valence-electron chi connectivity index (χ4n) is 1.62. The second-order valence-corrected chi connectivity index (χ2v) is 3.80. The molecule has 1 aromatic heterocycles. The second-order valence-electron chi connectivity index (χ2n) is 3.80. The molecule has 4 heteroatoms. The SMILES string of the molecule is CC(=O)c1nn(-c2ccccc2)c(C)cc1=O. The van der Waals surface area contributed by atoms with Gasteiger partial charge in [0.25, 0.3) is 0 Å². The third-order valence-electron chi connectivity index (χ3n) is 2.44. The van der Waals surface area contributed by atoms with Crippen molar-refractivity contribution in [2.45, 2.75) is 13.8 Å². The molecule has 0 amide bonds. The van der Waals surface area contributed by atoms with Gasteiger partial charge in [0.2, 0.25) is 5.43 Å². The Hall–Kier alpha value is -2.23. The van der Waals surface area contributed by atoms with Gasteiger partial charge < -0.3 is 0 Å². The van der Waals surface area contributed by atoms with Crippen LogP contribution in [0.15, 0.2) is 41.2 Å². The number of aryl methyl sites for hydroxylation is 1. The molecule has 2 aromatic rings. The van der Waals surface area contributed by atoms with Gasteiger partial charge in [-0.2, -0.15) is 5.10 Å². The minimum atomic E-state index is -0.331. The average Bonchev–Trinajstić information content (AvgIpc) is 2.29. The maximum absolute atomic E-state index is 11.6. The smallest absolute Gasteiger partial charge is 0.211 e. The first-order chi connectivity index (χ1) is 8.09. The van der Waals surface area contributed by atoms with Gasteiger partial charge in [-0.3, -0.25) is 9.59 Å². The third-order valence-corrected chi connectivity index (χ3v) is 2.44. The number of rotatable bonds is 2. The number of benzene rings is 1. The molecule has 4 nitrogen and oxygen atoms in total. The van der Waals surface area contributed by atoms with E-state index >= 15 is 0 Å². The first kappa shape index (κ1) is 11.3. The van der Waals surface area contributed by atoms with E-state index in [0.717, 1.165) is 5.69 Å². The van der Waals surface area contributed by atoms with E-state index in [1.165, 1.54) is 13.0 Å². The number of carbonyl (C=O) groups excluding carboxylic acids is 1. The molecule has 86 valence electrons. The maximum Gasteiger partial charge on any atom is 0.211 e. The highest BCUT2D eigenvalue weighted by atomic mass is 16.1. The van der Waals surface area contributed by atoms with Gasteiger partial charge in [0, 0.05) is 18.7 Å². The molecule has 0 N–H and O–H groups in total. The number of ketones is 1. The number of nitrogens with zero attached hydrogens (tertiary/aromatic N) is 2. The van der Waals surface area contributed by atoms with E-state index in [1.54, 1.807) is 11.6 Å².